The van der Waals surface area contributed by atoms with Crippen molar-refractivity contribution >= 4 is 23.1 Å². The molecule has 4 rings (SSSR count). The molecule has 7 nitrogen and oxygen atoms in total. The number of thiazole rings is 1. The number of rotatable bonds is 5. The normalized spacial score (nSPS) is 17.8. The zero-order chi connectivity index (χ0) is 19.0. The summed E-state index contributed by atoms with van der Waals surface area (Å²) in [5, 5.41) is 0.948. The van der Waals surface area contributed by atoms with Gasteiger partial charge in [-0.3, -0.25) is 4.79 Å². The SMILES string of the molecule is COc1cc(N(C2CC2)C2CCN(C(=O)c3sc(C)nc3C)CC2)ncn1. The van der Waals surface area contributed by atoms with E-state index in [4.69, 9.17) is 4.74 Å². The lowest BCUT2D eigenvalue weighted by molar-refractivity contribution is 0.0716. The first kappa shape index (κ1) is 18.2. The van der Waals surface area contributed by atoms with E-state index < -0.39 is 0 Å². The summed E-state index contributed by atoms with van der Waals surface area (Å²) >= 11 is 1.50. The molecular formula is C19H25N5O2S. The Morgan fingerprint density at radius 2 is 1.89 bits per heavy atom. The second-order valence-electron chi connectivity index (χ2n) is 7.23. The van der Waals surface area contributed by atoms with Crippen LogP contribution in [-0.2, 0) is 0 Å². The van der Waals surface area contributed by atoms with Gasteiger partial charge in [0.2, 0.25) is 5.88 Å². The van der Waals surface area contributed by atoms with E-state index >= 15 is 0 Å². The Morgan fingerprint density at radius 3 is 2.48 bits per heavy atom. The zero-order valence-electron chi connectivity index (χ0n) is 16.0. The molecule has 2 fully saturated rings. The number of aromatic nitrogens is 3. The van der Waals surface area contributed by atoms with Crippen molar-refractivity contribution in [1.29, 1.82) is 0 Å². The standard InChI is InChI=1S/C19H25N5O2S/c1-12-18(27-13(2)22-12)19(25)23-8-6-15(7-9-23)24(14-4-5-14)16-10-17(26-3)21-11-20-16/h10-11,14-15H,4-9H2,1-3H3. The van der Waals surface area contributed by atoms with Crippen LogP contribution in [0.2, 0.25) is 0 Å². The Bertz CT molecular complexity index is 827. The third kappa shape index (κ3) is 3.76. The van der Waals surface area contributed by atoms with Crippen LogP contribution in [0.4, 0.5) is 5.82 Å². The highest BCUT2D eigenvalue weighted by molar-refractivity contribution is 7.13. The van der Waals surface area contributed by atoms with E-state index in [0.29, 0.717) is 18.0 Å². The van der Waals surface area contributed by atoms with Gasteiger partial charge in [0.1, 0.15) is 17.0 Å². The van der Waals surface area contributed by atoms with Gasteiger partial charge in [-0.2, -0.15) is 0 Å². The highest BCUT2D eigenvalue weighted by atomic mass is 32.1. The molecule has 144 valence electrons. The quantitative estimate of drug-likeness (QED) is 0.786. The lowest BCUT2D eigenvalue weighted by atomic mass is 10.0. The van der Waals surface area contributed by atoms with Crippen molar-refractivity contribution in [2.45, 2.75) is 51.6 Å². The number of ether oxygens (including phenoxy) is 1. The molecule has 0 unspecified atom stereocenters. The minimum absolute atomic E-state index is 0.123. The van der Waals surface area contributed by atoms with Gasteiger partial charge in [-0.05, 0) is 39.5 Å². The molecular weight excluding hydrogens is 362 g/mol. The fraction of sp³-hybridized carbons (Fsp3) is 0.579. The van der Waals surface area contributed by atoms with Gasteiger partial charge in [-0.15, -0.1) is 11.3 Å². The van der Waals surface area contributed by atoms with Crippen molar-refractivity contribution < 1.29 is 9.53 Å². The summed E-state index contributed by atoms with van der Waals surface area (Å²) in [6.07, 6.45) is 5.86. The summed E-state index contributed by atoms with van der Waals surface area (Å²) in [7, 11) is 1.63. The number of carbonyl (C=O) groups is 1. The van der Waals surface area contributed by atoms with Crippen LogP contribution in [0.1, 0.15) is 46.1 Å². The molecule has 2 aromatic rings. The third-order valence-electron chi connectivity index (χ3n) is 5.28. The molecule has 1 amide bonds. The fourth-order valence-electron chi connectivity index (χ4n) is 3.83. The van der Waals surface area contributed by atoms with Crippen LogP contribution < -0.4 is 9.64 Å². The molecule has 2 aliphatic rings. The number of piperidine rings is 1. The summed E-state index contributed by atoms with van der Waals surface area (Å²) in [6.45, 7) is 5.40. The molecule has 3 heterocycles. The van der Waals surface area contributed by atoms with Crippen molar-refractivity contribution in [2.24, 2.45) is 0 Å². The Balaban J connectivity index is 1.45. The second kappa shape index (κ2) is 7.42. The van der Waals surface area contributed by atoms with Crippen LogP contribution in [0.5, 0.6) is 5.88 Å². The smallest absolute Gasteiger partial charge is 0.265 e. The first-order valence-electron chi connectivity index (χ1n) is 9.44. The molecule has 27 heavy (non-hydrogen) atoms. The maximum atomic E-state index is 12.9. The first-order valence-corrected chi connectivity index (χ1v) is 10.3. The number of anilines is 1. The van der Waals surface area contributed by atoms with Crippen LogP contribution in [0.3, 0.4) is 0 Å². The van der Waals surface area contributed by atoms with E-state index in [1.807, 2.05) is 24.8 Å². The van der Waals surface area contributed by atoms with Crippen molar-refractivity contribution in [1.82, 2.24) is 19.9 Å². The predicted octanol–water partition coefficient (Wildman–Crippen LogP) is 2.83. The van der Waals surface area contributed by atoms with Crippen molar-refractivity contribution in [3.8, 4) is 5.88 Å². The van der Waals surface area contributed by atoms with E-state index in [0.717, 1.165) is 47.3 Å². The highest BCUT2D eigenvalue weighted by Crippen LogP contribution is 2.36. The predicted molar refractivity (Wildman–Crippen MR) is 105 cm³/mol. The zero-order valence-corrected chi connectivity index (χ0v) is 16.8. The minimum atomic E-state index is 0.123. The molecule has 0 aromatic carbocycles. The number of hydrogen-bond acceptors (Lipinski definition) is 7. The van der Waals surface area contributed by atoms with Crippen LogP contribution in [-0.4, -0.2) is 58.0 Å². The third-order valence-corrected chi connectivity index (χ3v) is 6.35. The average Bonchev–Trinajstić information content (AvgIpc) is 3.45. The molecule has 1 aliphatic carbocycles. The first-order chi connectivity index (χ1) is 13.1. The molecule has 8 heteroatoms. The topological polar surface area (TPSA) is 71.5 Å². The van der Waals surface area contributed by atoms with E-state index in [9.17, 15) is 4.79 Å². The monoisotopic (exact) mass is 387 g/mol. The van der Waals surface area contributed by atoms with Crippen molar-refractivity contribution in [3.05, 3.63) is 28.0 Å². The average molecular weight is 388 g/mol. The lowest BCUT2D eigenvalue weighted by Gasteiger charge is -2.39. The number of methoxy groups -OCH3 is 1. The summed E-state index contributed by atoms with van der Waals surface area (Å²) in [5.74, 6) is 1.65. The number of carbonyl (C=O) groups excluding carboxylic acids is 1. The van der Waals surface area contributed by atoms with Gasteiger partial charge in [-0.1, -0.05) is 0 Å². The number of amides is 1. The number of hydrogen-bond donors (Lipinski definition) is 0. The molecule has 1 saturated carbocycles. The Kier molecular flexibility index (Phi) is 4.99. The second-order valence-corrected chi connectivity index (χ2v) is 8.43. The summed E-state index contributed by atoms with van der Waals surface area (Å²) in [4.78, 5) is 31.0. The number of aryl methyl sites for hydroxylation is 2. The lowest BCUT2D eigenvalue weighted by Crippen LogP contribution is -2.48. The fourth-order valence-corrected chi connectivity index (χ4v) is 4.72. The van der Waals surface area contributed by atoms with Gasteiger partial charge in [-0.25, -0.2) is 15.0 Å². The van der Waals surface area contributed by atoms with E-state index in [2.05, 4.69) is 19.9 Å². The minimum Gasteiger partial charge on any atom is -0.481 e. The van der Waals surface area contributed by atoms with Crippen LogP contribution in [0, 0.1) is 13.8 Å². The van der Waals surface area contributed by atoms with Gasteiger partial charge in [0, 0.05) is 31.2 Å². The molecule has 0 atom stereocenters. The van der Waals surface area contributed by atoms with Crippen LogP contribution in [0.15, 0.2) is 12.4 Å². The number of likely N-dealkylation sites (tertiary alicyclic amines) is 1. The largest absolute Gasteiger partial charge is 0.481 e. The molecule has 1 saturated heterocycles. The Hall–Kier alpha value is -2.22. The maximum absolute atomic E-state index is 12.9. The van der Waals surface area contributed by atoms with Gasteiger partial charge in [0.15, 0.2) is 0 Å². The van der Waals surface area contributed by atoms with E-state index in [1.165, 1.54) is 24.2 Å². The molecule has 0 spiro atoms. The van der Waals surface area contributed by atoms with Crippen LogP contribution in [0.25, 0.3) is 0 Å². The van der Waals surface area contributed by atoms with Gasteiger partial charge >= 0.3 is 0 Å². The van der Waals surface area contributed by atoms with Crippen LogP contribution >= 0.6 is 11.3 Å². The molecule has 0 N–H and O–H groups in total. The molecule has 0 bridgehead atoms. The number of nitrogens with zero attached hydrogens (tertiary/aromatic N) is 5. The Labute approximate surface area is 163 Å². The van der Waals surface area contributed by atoms with Gasteiger partial charge in [0.25, 0.3) is 5.91 Å². The summed E-state index contributed by atoms with van der Waals surface area (Å²) in [5.41, 5.74) is 0.845. The van der Waals surface area contributed by atoms with Crippen molar-refractivity contribution in [2.75, 3.05) is 25.1 Å². The molecule has 1 aliphatic heterocycles. The molecule has 2 aromatic heterocycles. The summed E-state index contributed by atoms with van der Waals surface area (Å²) in [6, 6.07) is 2.85. The summed E-state index contributed by atoms with van der Waals surface area (Å²) < 4.78 is 5.27. The van der Waals surface area contributed by atoms with Gasteiger partial charge < -0.3 is 14.5 Å². The highest BCUT2D eigenvalue weighted by Gasteiger charge is 2.37. The van der Waals surface area contributed by atoms with E-state index in [-0.39, 0.29) is 5.91 Å². The van der Waals surface area contributed by atoms with Crippen molar-refractivity contribution in [3.63, 3.8) is 0 Å². The maximum Gasteiger partial charge on any atom is 0.265 e. The molecule has 0 radical (unpaired) electrons. The Morgan fingerprint density at radius 1 is 1.19 bits per heavy atom. The van der Waals surface area contributed by atoms with E-state index in [1.54, 1.807) is 13.4 Å². The van der Waals surface area contributed by atoms with Gasteiger partial charge in [0.05, 0.1) is 17.8 Å².